The smallest absolute Gasteiger partial charge is 0.143 e. The largest absolute Gasteiger partial charge is 0.395 e. The molecule has 0 radical (unpaired) electrons. The highest BCUT2D eigenvalue weighted by Gasteiger charge is 2.04. The Balaban J connectivity index is 2.55. The molecule has 4 nitrogen and oxygen atoms in total. The number of para-hydroxylation sites is 1. The number of aliphatic hydroxyl groups is 1. The van der Waals surface area contributed by atoms with Gasteiger partial charge in [0, 0.05) is 17.6 Å². The Labute approximate surface area is 93.2 Å². The molecular formula is C12H11N3O. The fourth-order valence-corrected chi connectivity index (χ4v) is 1.57. The number of aromatic nitrogens is 1. The van der Waals surface area contributed by atoms with Crippen LogP contribution < -0.4 is 5.32 Å². The number of aliphatic hydroxyl groups excluding tert-OH is 1. The van der Waals surface area contributed by atoms with Crippen LogP contribution in [0.3, 0.4) is 0 Å². The molecule has 0 spiro atoms. The lowest BCUT2D eigenvalue weighted by molar-refractivity contribution is 0.311. The Kier molecular flexibility index (Phi) is 2.99. The first-order valence-corrected chi connectivity index (χ1v) is 5.00. The van der Waals surface area contributed by atoms with E-state index < -0.39 is 0 Å². The van der Waals surface area contributed by atoms with E-state index in [0.29, 0.717) is 12.2 Å². The van der Waals surface area contributed by atoms with Crippen LogP contribution in [-0.2, 0) is 0 Å². The van der Waals surface area contributed by atoms with Crippen LogP contribution in [0.5, 0.6) is 0 Å². The first kappa shape index (κ1) is 10.4. The van der Waals surface area contributed by atoms with Crippen LogP contribution in [-0.4, -0.2) is 23.2 Å². The van der Waals surface area contributed by atoms with Gasteiger partial charge >= 0.3 is 0 Å². The highest BCUT2D eigenvalue weighted by molar-refractivity contribution is 5.91. The summed E-state index contributed by atoms with van der Waals surface area (Å²) in [4.78, 5) is 4.20. The summed E-state index contributed by atoms with van der Waals surface area (Å²) in [5.41, 5.74) is 1.98. The topological polar surface area (TPSA) is 68.9 Å². The number of nitrogens with one attached hydrogen (secondary N) is 1. The van der Waals surface area contributed by atoms with Crippen LogP contribution in [0, 0.1) is 11.3 Å². The summed E-state index contributed by atoms with van der Waals surface area (Å²) < 4.78 is 0. The minimum Gasteiger partial charge on any atom is -0.395 e. The number of nitriles is 1. The minimum atomic E-state index is 0.0541. The number of benzene rings is 1. The van der Waals surface area contributed by atoms with Crippen LogP contribution in [0.25, 0.3) is 10.9 Å². The van der Waals surface area contributed by atoms with Crippen LogP contribution in [0.1, 0.15) is 5.69 Å². The molecule has 1 aromatic heterocycles. The molecule has 0 aliphatic rings. The number of hydrogen-bond acceptors (Lipinski definition) is 4. The molecule has 2 N–H and O–H groups in total. The predicted molar refractivity (Wildman–Crippen MR) is 62.0 cm³/mol. The van der Waals surface area contributed by atoms with Crippen LogP contribution in [0.4, 0.5) is 5.69 Å². The van der Waals surface area contributed by atoms with E-state index >= 15 is 0 Å². The van der Waals surface area contributed by atoms with Gasteiger partial charge in [0.15, 0.2) is 0 Å². The quantitative estimate of drug-likeness (QED) is 0.810. The van der Waals surface area contributed by atoms with Crippen LogP contribution >= 0.6 is 0 Å². The van der Waals surface area contributed by atoms with E-state index in [1.54, 1.807) is 6.07 Å². The van der Waals surface area contributed by atoms with E-state index in [9.17, 15) is 0 Å². The minimum absolute atomic E-state index is 0.0541. The molecule has 4 heteroatoms. The van der Waals surface area contributed by atoms with Crippen molar-refractivity contribution in [3.8, 4) is 6.07 Å². The molecule has 16 heavy (non-hydrogen) atoms. The van der Waals surface area contributed by atoms with E-state index in [1.807, 2.05) is 30.3 Å². The second-order valence-electron chi connectivity index (χ2n) is 3.33. The lowest BCUT2D eigenvalue weighted by Gasteiger charge is -2.08. The normalized spacial score (nSPS) is 10.0. The number of fused-ring (bicyclic) bond motifs is 1. The molecule has 0 saturated heterocycles. The monoisotopic (exact) mass is 213 g/mol. The Morgan fingerprint density at radius 3 is 2.94 bits per heavy atom. The van der Waals surface area contributed by atoms with Crippen molar-refractivity contribution in [1.29, 1.82) is 5.26 Å². The third kappa shape index (κ3) is 1.95. The molecule has 0 fully saturated rings. The Morgan fingerprint density at radius 2 is 2.19 bits per heavy atom. The van der Waals surface area contributed by atoms with Crippen molar-refractivity contribution in [3.05, 3.63) is 36.0 Å². The SMILES string of the molecule is N#Cc1cc(NCCO)c2ccccc2n1. The standard InChI is InChI=1S/C12H11N3O/c13-8-9-7-12(14-5-6-16)10-3-1-2-4-11(10)15-9/h1-4,7,16H,5-6H2,(H,14,15). The lowest BCUT2D eigenvalue weighted by Crippen LogP contribution is -2.06. The summed E-state index contributed by atoms with van der Waals surface area (Å²) in [6.07, 6.45) is 0. The first-order valence-electron chi connectivity index (χ1n) is 5.00. The van der Waals surface area contributed by atoms with Gasteiger partial charge in [-0.3, -0.25) is 0 Å². The van der Waals surface area contributed by atoms with Gasteiger partial charge in [-0.15, -0.1) is 0 Å². The van der Waals surface area contributed by atoms with E-state index in [0.717, 1.165) is 16.6 Å². The predicted octanol–water partition coefficient (Wildman–Crippen LogP) is 1.51. The zero-order chi connectivity index (χ0) is 11.4. The van der Waals surface area contributed by atoms with Crippen molar-refractivity contribution in [1.82, 2.24) is 4.98 Å². The van der Waals surface area contributed by atoms with Crippen molar-refractivity contribution >= 4 is 16.6 Å². The maximum Gasteiger partial charge on any atom is 0.143 e. The van der Waals surface area contributed by atoms with Gasteiger partial charge in [-0.2, -0.15) is 5.26 Å². The van der Waals surface area contributed by atoms with Gasteiger partial charge in [0.1, 0.15) is 11.8 Å². The molecule has 2 aromatic rings. The van der Waals surface area contributed by atoms with E-state index in [2.05, 4.69) is 10.3 Å². The number of nitrogens with zero attached hydrogens (tertiary/aromatic N) is 2. The number of pyridine rings is 1. The molecule has 0 unspecified atom stereocenters. The van der Waals surface area contributed by atoms with Gasteiger partial charge in [0.25, 0.3) is 0 Å². The molecule has 80 valence electrons. The highest BCUT2D eigenvalue weighted by atomic mass is 16.3. The summed E-state index contributed by atoms with van der Waals surface area (Å²) in [6.45, 7) is 0.511. The fraction of sp³-hybridized carbons (Fsp3) is 0.167. The number of anilines is 1. The number of hydrogen-bond donors (Lipinski definition) is 2. The molecule has 1 heterocycles. The van der Waals surface area contributed by atoms with Crippen molar-refractivity contribution in [2.24, 2.45) is 0 Å². The van der Waals surface area contributed by atoms with Gasteiger partial charge in [-0.25, -0.2) is 4.98 Å². The molecule has 0 aliphatic carbocycles. The van der Waals surface area contributed by atoms with Gasteiger partial charge in [0.05, 0.1) is 12.1 Å². The van der Waals surface area contributed by atoms with E-state index in [-0.39, 0.29) is 6.61 Å². The molecule has 1 aromatic carbocycles. The summed E-state index contributed by atoms with van der Waals surface area (Å²) in [5, 5.41) is 21.7. The average molecular weight is 213 g/mol. The van der Waals surface area contributed by atoms with Crippen molar-refractivity contribution in [2.75, 3.05) is 18.5 Å². The van der Waals surface area contributed by atoms with Gasteiger partial charge in [-0.1, -0.05) is 18.2 Å². The van der Waals surface area contributed by atoms with Gasteiger partial charge in [0.2, 0.25) is 0 Å². The molecule has 0 amide bonds. The van der Waals surface area contributed by atoms with Crippen LogP contribution in [0.15, 0.2) is 30.3 Å². The molecular weight excluding hydrogens is 202 g/mol. The zero-order valence-corrected chi connectivity index (χ0v) is 8.64. The summed E-state index contributed by atoms with van der Waals surface area (Å²) in [6, 6.07) is 11.3. The summed E-state index contributed by atoms with van der Waals surface area (Å²) in [7, 11) is 0. The summed E-state index contributed by atoms with van der Waals surface area (Å²) >= 11 is 0. The second kappa shape index (κ2) is 4.60. The molecule has 0 aliphatic heterocycles. The highest BCUT2D eigenvalue weighted by Crippen LogP contribution is 2.22. The molecule has 0 saturated carbocycles. The third-order valence-electron chi connectivity index (χ3n) is 2.26. The van der Waals surface area contributed by atoms with Gasteiger partial charge < -0.3 is 10.4 Å². The second-order valence-corrected chi connectivity index (χ2v) is 3.33. The van der Waals surface area contributed by atoms with Crippen molar-refractivity contribution in [3.63, 3.8) is 0 Å². The van der Waals surface area contributed by atoms with Gasteiger partial charge in [-0.05, 0) is 12.1 Å². The number of rotatable bonds is 3. The van der Waals surface area contributed by atoms with Crippen molar-refractivity contribution < 1.29 is 5.11 Å². The Bertz CT molecular complexity index is 545. The fourth-order valence-electron chi connectivity index (χ4n) is 1.57. The zero-order valence-electron chi connectivity index (χ0n) is 8.64. The average Bonchev–Trinajstić information content (AvgIpc) is 2.35. The summed E-state index contributed by atoms with van der Waals surface area (Å²) in [5.74, 6) is 0. The third-order valence-corrected chi connectivity index (χ3v) is 2.26. The maximum atomic E-state index is 8.86. The van der Waals surface area contributed by atoms with E-state index in [1.165, 1.54) is 0 Å². The lowest BCUT2D eigenvalue weighted by atomic mass is 10.1. The Morgan fingerprint density at radius 1 is 1.38 bits per heavy atom. The molecule has 2 rings (SSSR count). The Hall–Kier alpha value is -2.12. The maximum absolute atomic E-state index is 8.86. The first-order chi connectivity index (χ1) is 7.85. The van der Waals surface area contributed by atoms with Crippen molar-refractivity contribution in [2.45, 2.75) is 0 Å². The molecule has 0 bridgehead atoms. The van der Waals surface area contributed by atoms with Crippen LogP contribution in [0.2, 0.25) is 0 Å². The molecule has 0 atom stereocenters. The van der Waals surface area contributed by atoms with E-state index in [4.69, 9.17) is 10.4 Å².